The minimum Gasteiger partial charge on any atom is -0.421 e. The van der Waals surface area contributed by atoms with E-state index >= 15 is 0 Å². The van der Waals surface area contributed by atoms with Crippen LogP contribution in [0.2, 0.25) is 13.1 Å². The highest BCUT2D eigenvalue weighted by Gasteiger charge is 2.32. The lowest BCUT2D eigenvalue weighted by atomic mass is 9.77. The zero-order chi connectivity index (χ0) is 18.2. The third kappa shape index (κ3) is 7.62. The van der Waals surface area contributed by atoms with E-state index in [-0.39, 0.29) is 29.6 Å². The molecule has 1 N–H and O–H groups in total. The van der Waals surface area contributed by atoms with Gasteiger partial charge in [0.1, 0.15) is 5.78 Å². The van der Waals surface area contributed by atoms with Crippen molar-refractivity contribution in [1.82, 2.24) is 0 Å². The fraction of sp³-hybridized carbons (Fsp3) is 0.850. The van der Waals surface area contributed by atoms with Crippen LogP contribution in [0.3, 0.4) is 0 Å². The average molecular weight is 355 g/mol. The second kappa shape index (κ2) is 10.5. The average Bonchev–Trinajstić information content (AvgIpc) is 2.84. The van der Waals surface area contributed by atoms with Crippen LogP contribution in [-0.2, 0) is 9.22 Å². The van der Waals surface area contributed by atoms with Crippen molar-refractivity contribution < 1.29 is 14.3 Å². The Labute approximate surface area is 150 Å². The maximum absolute atomic E-state index is 11.8. The summed E-state index contributed by atoms with van der Waals surface area (Å²) >= 11 is 0. The molecule has 0 radical (unpaired) electrons. The van der Waals surface area contributed by atoms with E-state index in [0.717, 1.165) is 19.4 Å². The maximum Gasteiger partial charge on any atom is 0.170 e. The summed E-state index contributed by atoms with van der Waals surface area (Å²) in [6.07, 6.45) is 10.9. The molecule has 1 aliphatic rings. The van der Waals surface area contributed by atoms with Crippen LogP contribution in [0.1, 0.15) is 59.3 Å². The minimum atomic E-state index is -0.867. The molecule has 3 nitrogen and oxygen atoms in total. The van der Waals surface area contributed by atoms with E-state index in [2.05, 4.69) is 46.0 Å². The van der Waals surface area contributed by atoms with Crippen molar-refractivity contribution >= 4 is 14.8 Å². The van der Waals surface area contributed by atoms with Gasteiger partial charge in [-0.3, -0.25) is 4.79 Å². The van der Waals surface area contributed by atoms with Crippen LogP contribution >= 0.6 is 0 Å². The van der Waals surface area contributed by atoms with Crippen molar-refractivity contribution in [1.29, 1.82) is 0 Å². The van der Waals surface area contributed by atoms with Gasteiger partial charge in [-0.1, -0.05) is 45.8 Å². The largest absolute Gasteiger partial charge is 0.421 e. The summed E-state index contributed by atoms with van der Waals surface area (Å²) < 4.78 is 5.73. The smallest absolute Gasteiger partial charge is 0.170 e. The van der Waals surface area contributed by atoms with Gasteiger partial charge in [0.25, 0.3) is 0 Å². The number of hydrogen-bond acceptors (Lipinski definition) is 3. The van der Waals surface area contributed by atoms with Crippen LogP contribution in [0, 0.1) is 23.2 Å². The van der Waals surface area contributed by atoms with Crippen LogP contribution in [0.25, 0.3) is 0 Å². The van der Waals surface area contributed by atoms with Crippen molar-refractivity contribution in [3.8, 4) is 0 Å². The minimum absolute atomic E-state index is 0.00676. The van der Waals surface area contributed by atoms with Crippen molar-refractivity contribution in [2.24, 2.45) is 23.2 Å². The lowest BCUT2D eigenvalue weighted by molar-refractivity contribution is -0.122. The number of carbonyl (C=O) groups excluding carboxylic acids is 1. The molecule has 1 fully saturated rings. The maximum atomic E-state index is 11.8. The SMILES string of the molecule is C[SiH](C)OCCCCC[C@@H](C=CC1CCC(=O)C1CO)C(C)(C)C. The number of unbranched alkanes of at least 4 members (excludes halogenated alkanes) is 2. The van der Waals surface area contributed by atoms with Gasteiger partial charge in [-0.25, -0.2) is 0 Å². The summed E-state index contributed by atoms with van der Waals surface area (Å²) in [5, 5.41) is 9.43. The van der Waals surface area contributed by atoms with Crippen LogP contribution < -0.4 is 0 Å². The zero-order valence-corrected chi connectivity index (χ0v) is 17.5. The second-order valence-corrected chi connectivity index (χ2v) is 11.0. The van der Waals surface area contributed by atoms with Gasteiger partial charge in [-0.2, -0.15) is 0 Å². The predicted octanol–water partition coefficient (Wildman–Crippen LogP) is 4.35. The molecule has 1 rings (SSSR count). The fourth-order valence-electron chi connectivity index (χ4n) is 3.46. The molecule has 0 aromatic carbocycles. The number of allylic oxidation sites excluding steroid dienone is 2. The Morgan fingerprint density at radius 3 is 2.58 bits per heavy atom. The molecule has 4 heteroatoms. The number of hydrogen-bond donors (Lipinski definition) is 1. The van der Waals surface area contributed by atoms with Gasteiger partial charge in [-0.15, -0.1) is 0 Å². The number of aliphatic hydroxyl groups is 1. The summed E-state index contributed by atoms with van der Waals surface area (Å²) in [6, 6.07) is 0. The third-order valence-corrected chi connectivity index (χ3v) is 6.07. The summed E-state index contributed by atoms with van der Waals surface area (Å²) in [7, 11) is -0.867. The first kappa shape index (κ1) is 21.6. The van der Waals surface area contributed by atoms with Gasteiger partial charge in [0.05, 0.1) is 6.61 Å². The van der Waals surface area contributed by atoms with E-state index in [0.29, 0.717) is 12.3 Å². The molecule has 0 amide bonds. The highest BCUT2D eigenvalue weighted by Crippen LogP contribution is 2.34. The molecular formula is C20H38O3Si. The molecule has 0 aliphatic heterocycles. The van der Waals surface area contributed by atoms with Crippen molar-refractivity contribution in [3.05, 3.63) is 12.2 Å². The van der Waals surface area contributed by atoms with Crippen LogP contribution in [0.15, 0.2) is 12.2 Å². The topological polar surface area (TPSA) is 46.5 Å². The zero-order valence-electron chi connectivity index (χ0n) is 16.4. The first-order chi connectivity index (χ1) is 11.3. The van der Waals surface area contributed by atoms with E-state index in [1.165, 1.54) is 19.3 Å². The van der Waals surface area contributed by atoms with Gasteiger partial charge < -0.3 is 9.53 Å². The summed E-state index contributed by atoms with van der Waals surface area (Å²) in [6.45, 7) is 12.2. The molecule has 0 aromatic heterocycles. The number of Topliss-reactive ketones (excluding diaryl/α,β-unsaturated/α-hetero) is 1. The quantitative estimate of drug-likeness (QED) is 0.360. The van der Waals surface area contributed by atoms with Crippen LogP contribution in [0.5, 0.6) is 0 Å². The van der Waals surface area contributed by atoms with Gasteiger partial charge in [0, 0.05) is 18.9 Å². The second-order valence-electron chi connectivity index (χ2n) is 8.58. The summed E-state index contributed by atoms with van der Waals surface area (Å²) in [5.74, 6) is 0.817. The normalized spacial score (nSPS) is 23.5. The summed E-state index contributed by atoms with van der Waals surface area (Å²) in [4.78, 5) is 11.8. The third-order valence-electron chi connectivity index (χ3n) is 5.16. The molecular weight excluding hydrogens is 316 g/mol. The van der Waals surface area contributed by atoms with Crippen LogP contribution in [-0.4, -0.2) is 33.1 Å². The Balaban J connectivity index is 2.45. The van der Waals surface area contributed by atoms with E-state index in [1.807, 2.05) is 0 Å². The molecule has 0 aromatic rings. The molecule has 1 saturated carbocycles. The number of ketones is 1. The number of aliphatic hydroxyl groups excluding tert-OH is 1. The Hall–Kier alpha value is -0.453. The Morgan fingerprint density at radius 2 is 2.00 bits per heavy atom. The molecule has 24 heavy (non-hydrogen) atoms. The number of carbonyl (C=O) groups is 1. The Bertz CT molecular complexity index is 398. The molecule has 2 unspecified atom stereocenters. The number of rotatable bonds is 10. The lowest BCUT2D eigenvalue weighted by Gasteiger charge is -2.29. The van der Waals surface area contributed by atoms with Gasteiger partial charge >= 0.3 is 0 Å². The van der Waals surface area contributed by atoms with Crippen molar-refractivity contribution in [2.45, 2.75) is 72.4 Å². The standard InChI is InChI=1S/C20H38O3Si/c1-20(2,3)17(9-7-6-8-14-23-24(4)5)12-10-16-11-13-19(22)18(16)15-21/h10,12,16-18,21,24H,6-9,11,13-15H2,1-5H3/t16?,17-,18?/m0/s1. The van der Waals surface area contributed by atoms with Crippen molar-refractivity contribution in [3.63, 3.8) is 0 Å². The predicted molar refractivity (Wildman–Crippen MR) is 104 cm³/mol. The van der Waals surface area contributed by atoms with Crippen molar-refractivity contribution in [2.75, 3.05) is 13.2 Å². The molecule has 3 atom stereocenters. The Morgan fingerprint density at radius 1 is 1.29 bits per heavy atom. The van der Waals surface area contributed by atoms with E-state index in [4.69, 9.17) is 4.43 Å². The summed E-state index contributed by atoms with van der Waals surface area (Å²) in [5.41, 5.74) is 0.231. The van der Waals surface area contributed by atoms with Crippen LogP contribution in [0.4, 0.5) is 0 Å². The lowest BCUT2D eigenvalue weighted by Crippen LogP contribution is -2.20. The monoisotopic (exact) mass is 354 g/mol. The molecule has 0 spiro atoms. The fourth-order valence-corrected chi connectivity index (χ4v) is 4.10. The van der Waals surface area contributed by atoms with E-state index in [1.54, 1.807) is 0 Å². The first-order valence-corrected chi connectivity index (χ1v) is 12.5. The van der Waals surface area contributed by atoms with E-state index < -0.39 is 9.04 Å². The molecule has 140 valence electrons. The highest BCUT2D eigenvalue weighted by atomic mass is 28.3. The molecule has 0 heterocycles. The molecule has 1 aliphatic carbocycles. The first-order valence-electron chi connectivity index (χ1n) is 9.69. The van der Waals surface area contributed by atoms with Gasteiger partial charge in [0.15, 0.2) is 9.04 Å². The molecule has 0 saturated heterocycles. The van der Waals surface area contributed by atoms with E-state index in [9.17, 15) is 9.90 Å². The Kier molecular flexibility index (Phi) is 9.46. The van der Waals surface area contributed by atoms with Gasteiger partial charge in [0.2, 0.25) is 0 Å². The molecule has 0 bridgehead atoms. The van der Waals surface area contributed by atoms with Gasteiger partial charge in [-0.05, 0) is 49.6 Å². The highest BCUT2D eigenvalue weighted by molar-refractivity contribution is 6.48.